The highest BCUT2D eigenvalue weighted by Gasteiger charge is 2.41. The van der Waals surface area contributed by atoms with E-state index in [1.165, 1.54) is 6.92 Å². The molecule has 0 aromatic heterocycles. The van der Waals surface area contributed by atoms with Crippen LogP contribution in [-0.4, -0.2) is 19.1 Å². The molecule has 0 N–H and O–H groups in total. The summed E-state index contributed by atoms with van der Waals surface area (Å²) in [5.74, 6) is -2.56. The fourth-order valence-corrected chi connectivity index (χ4v) is 0.641. The lowest BCUT2D eigenvalue weighted by atomic mass is 10.1. The van der Waals surface area contributed by atoms with Crippen LogP contribution in [0, 0.1) is 0 Å². The molecule has 1 atom stereocenters. The molecule has 0 rings (SSSR count). The summed E-state index contributed by atoms with van der Waals surface area (Å²) in [5.41, 5.74) is 0. The van der Waals surface area contributed by atoms with Crippen LogP contribution in [0.25, 0.3) is 0 Å². The normalized spacial score (nSPS) is 18.0. The zero-order chi connectivity index (χ0) is 9.12. The highest BCUT2D eigenvalue weighted by atomic mass is 19.4. The van der Waals surface area contributed by atoms with Crippen LogP contribution in [0.1, 0.15) is 19.8 Å². The molecule has 68 valence electrons. The molecule has 0 aliphatic heterocycles. The van der Waals surface area contributed by atoms with Crippen LogP contribution in [0.2, 0.25) is 0 Å². The van der Waals surface area contributed by atoms with E-state index in [4.69, 9.17) is 0 Å². The Bertz CT molecular complexity index is 116. The number of ether oxygens (including phenoxy) is 1. The van der Waals surface area contributed by atoms with Crippen molar-refractivity contribution < 1.29 is 22.3 Å². The summed E-state index contributed by atoms with van der Waals surface area (Å²) in [5, 5.41) is 0. The first kappa shape index (κ1) is 10.7. The number of alkyl halides is 4. The minimum absolute atomic E-state index is 0.303. The Morgan fingerprint density at radius 2 is 1.64 bits per heavy atom. The lowest BCUT2D eigenvalue weighted by Gasteiger charge is -2.22. The molecular weight excluding hydrogens is 164 g/mol. The van der Waals surface area contributed by atoms with Gasteiger partial charge in [0.1, 0.15) is 6.42 Å². The molecule has 0 spiro atoms. The van der Waals surface area contributed by atoms with Crippen molar-refractivity contribution in [3.63, 3.8) is 0 Å². The summed E-state index contributed by atoms with van der Waals surface area (Å²) < 4.78 is 51.7. The van der Waals surface area contributed by atoms with E-state index in [9.17, 15) is 17.6 Å². The Balaban J connectivity index is 4.08. The van der Waals surface area contributed by atoms with E-state index in [0.29, 0.717) is 0 Å². The third-order valence-corrected chi connectivity index (χ3v) is 1.36. The van der Waals surface area contributed by atoms with Crippen LogP contribution < -0.4 is 0 Å². The molecule has 0 radical (unpaired) electrons. The van der Waals surface area contributed by atoms with Crippen LogP contribution in [-0.2, 0) is 4.74 Å². The van der Waals surface area contributed by atoms with E-state index in [1.54, 1.807) is 0 Å². The predicted molar refractivity (Wildman–Crippen MR) is 31.8 cm³/mol. The third kappa shape index (κ3) is 4.19. The topological polar surface area (TPSA) is 9.23 Å². The molecule has 0 amide bonds. The first-order chi connectivity index (χ1) is 4.83. The van der Waals surface area contributed by atoms with Crippen molar-refractivity contribution in [3.05, 3.63) is 0 Å². The highest BCUT2D eigenvalue weighted by molar-refractivity contribution is 4.69. The van der Waals surface area contributed by atoms with Gasteiger partial charge >= 0.3 is 6.18 Å². The zero-order valence-electron chi connectivity index (χ0n) is 6.33. The summed E-state index contributed by atoms with van der Waals surface area (Å²) >= 11 is 0. The number of hydrogen-bond acceptors (Lipinski definition) is 1. The summed E-state index contributed by atoms with van der Waals surface area (Å²) in [6.07, 6.45) is -6.36. The van der Waals surface area contributed by atoms with Gasteiger partial charge in [-0.05, 0) is 0 Å². The van der Waals surface area contributed by atoms with Gasteiger partial charge in [-0.1, -0.05) is 6.92 Å². The summed E-state index contributed by atoms with van der Waals surface area (Å²) in [4.78, 5) is 0. The van der Waals surface area contributed by atoms with E-state index in [2.05, 4.69) is 4.74 Å². The van der Waals surface area contributed by atoms with Crippen molar-refractivity contribution in [3.8, 4) is 0 Å². The summed E-state index contributed by atoms with van der Waals surface area (Å²) in [6.45, 7) is 1.30. The van der Waals surface area contributed by atoms with E-state index in [0.717, 1.165) is 7.11 Å². The van der Waals surface area contributed by atoms with Gasteiger partial charge in [0.25, 0.3) is 0 Å². The quantitative estimate of drug-likeness (QED) is 0.597. The van der Waals surface area contributed by atoms with E-state index < -0.39 is 18.5 Å². The van der Waals surface area contributed by atoms with Gasteiger partial charge in [0.15, 0.2) is 0 Å². The molecule has 5 heteroatoms. The fourth-order valence-electron chi connectivity index (χ4n) is 0.641. The second kappa shape index (κ2) is 3.38. The Morgan fingerprint density at radius 3 is 1.73 bits per heavy atom. The lowest BCUT2D eigenvalue weighted by molar-refractivity contribution is -0.224. The maximum atomic E-state index is 12.8. The summed E-state index contributed by atoms with van der Waals surface area (Å²) in [6, 6.07) is 0. The van der Waals surface area contributed by atoms with E-state index in [1.807, 2.05) is 0 Å². The Morgan fingerprint density at radius 1 is 1.18 bits per heavy atom. The molecule has 0 bridgehead atoms. The molecular formula is C6H10F4O. The van der Waals surface area contributed by atoms with E-state index >= 15 is 0 Å². The zero-order valence-corrected chi connectivity index (χ0v) is 6.33. The van der Waals surface area contributed by atoms with Gasteiger partial charge in [-0.3, -0.25) is 0 Å². The molecule has 11 heavy (non-hydrogen) atoms. The van der Waals surface area contributed by atoms with E-state index in [-0.39, 0.29) is 6.42 Å². The van der Waals surface area contributed by atoms with Crippen LogP contribution >= 0.6 is 0 Å². The maximum absolute atomic E-state index is 12.8. The van der Waals surface area contributed by atoms with Gasteiger partial charge in [-0.15, -0.1) is 0 Å². The lowest BCUT2D eigenvalue weighted by Crippen LogP contribution is -2.31. The molecule has 0 fully saturated rings. The predicted octanol–water partition coefficient (Wildman–Crippen LogP) is 2.66. The van der Waals surface area contributed by atoms with Gasteiger partial charge in [-0.2, -0.15) is 13.2 Å². The Hall–Kier alpha value is -0.320. The van der Waals surface area contributed by atoms with Crippen molar-refractivity contribution >= 4 is 0 Å². The molecule has 0 heterocycles. The minimum Gasteiger partial charge on any atom is -0.349 e. The second-order valence-corrected chi connectivity index (χ2v) is 2.23. The van der Waals surface area contributed by atoms with Crippen molar-refractivity contribution in [2.75, 3.05) is 7.11 Å². The first-order valence-corrected chi connectivity index (χ1v) is 3.14. The summed E-state index contributed by atoms with van der Waals surface area (Å²) in [7, 11) is 0.926. The van der Waals surface area contributed by atoms with Crippen LogP contribution in [0.5, 0.6) is 0 Å². The fraction of sp³-hybridized carbons (Fsp3) is 1.00. The van der Waals surface area contributed by atoms with Crippen molar-refractivity contribution in [1.29, 1.82) is 0 Å². The van der Waals surface area contributed by atoms with Gasteiger partial charge in [0.2, 0.25) is 5.85 Å². The molecule has 0 aromatic carbocycles. The molecule has 1 nitrogen and oxygen atoms in total. The number of methoxy groups -OCH3 is 1. The number of rotatable bonds is 3. The monoisotopic (exact) mass is 174 g/mol. The average Bonchev–Trinajstić information content (AvgIpc) is 1.84. The maximum Gasteiger partial charge on any atom is 0.394 e. The van der Waals surface area contributed by atoms with Gasteiger partial charge < -0.3 is 4.74 Å². The average molecular weight is 174 g/mol. The Kier molecular flexibility index (Phi) is 3.29. The minimum atomic E-state index is -4.51. The van der Waals surface area contributed by atoms with Gasteiger partial charge in [0, 0.05) is 13.5 Å². The van der Waals surface area contributed by atoms with Gasteiger partial charge in [-0.25, -0.2) is 4.39 Å². The van der Waals surface area contributed by atoms with Crippen molar-refractivity contribution in [2.45, 2.75) is 31.8 Å². The Labute approximate surface area is 62.3 Å². The first-order valence-electron chi connectivity index (χ1n) is 3.14. The second-order valence-electron chi connectivity index (χ2n) is 2.23. The van der Waals surface area contributed by atoms with Crippen LogP contribution in [0.15, 0.2) is 0 Å². The molecule has 0 saturated heterocycles. The highest BCUT2D eigenvalue weighted by Crippen LogP contribution is 2.32. The number of halogens is 4. The van der Waals surface area contributed by atoms with Crippen molar-refractivity contribution in [1.82, 2.24) is 0 Å². The molecule has 1 unspecified atom stereocenters. The smallest absolute Gasteiger partial charge is 0.349 e. The van der Waals surface area contributed by atoms with Crippen LogP contribution in [0.4, 0.5) is 17.6 Å². The van der Waals surface area contributed by atoms with Gasteiger partial charge in [0.05, 0.1) is 0 Å². The number of hydrogen-bond donors (Lipinski definition) is 0. The largest absolute Gasteiger partial charge is 0.394 e. The van der Waals surface area contributed by atoms with Crippen LogP contribution in [0.3, 0.4) is 0 Å². The SMILES string of the molecule is CCC(F)(CC(F)(F)F)OC. The molecule has 0 aliphatic carbocycles. The molecule has 0 aliphatic rings. The molecule has 0 aromatic rings. The standard InChI is InChI=1S/C6H10F4O/c1-3-5(7,11-2)4-6(8,9)10/h3-4H2,1-2H3. The third-order valence-electron chi connectivity index (χ3n) is 1.36. The van der Waals surface area contributed by atoms with Crippen molar-refractivity contribution in [2.24, 2.45) is 0 Å². The molecule has 0 saturated carbocycles.